The van der Waals surface area contributed by atoms with Crippen LogP contribution in [0, 0.1) is 13.8 Å². The van der Waals surface area contributed by atoms with Crippen molar-refractivity contribution in [1.82, 2.24) is 0 Å². The Balaban J connectivity index is 2.31. The molecule has 0 saturated carbocycles. The maximum absolute atomic E-state index is 12.4. The summed E-state index contributed by atoms with van der Waals surface area (Å²) in [6.07, 6.45) is 0. The molecule has 8 nitrogen and oxygen atoms in total. The van der Waals surface area contributed by atoms with E-state index in [2.05, 4.69) is 5.32 Å². The summed E-state index contributed by atoms with van der Waals surface area (Å²) in [6, 6.07) is 6.07. The van der Waals surface area contributed by atoms with Crippen LogP contribution in [0.4, 0.5) is 5.88 Å². The second-order valence-electron chi connectivity index (χ2n) is 6.13. The lowest BCUT2D eigenvalue weighted by Crippen LogP contribution is -2.24. The summed E-state index contributed by atoms with van der Waals surface area (Å²) in [5, 5.41) is 2.27. The minimum Gasteiger partial charge on any atom is -0.462 e. The number of sulfone groups is 1. The van der Waals surface area contributed by atoms with Crippen molar-refractivity contribution in [3.8, 4) is 0 Å². The van der Waals surface area contributed by atoms with E-state index in [9.17, 15) is 22.8 Å². The number of rotatable bonds is 7. The Hall–Kier alpha value is -2.94. The average Bonchev–Trinajstić information content (AvgIpc) is 2.90. The van der Waals surface area contributed by atoms with Crippen molar-refractivity contribution in [1.29, 1.82) is 0 Å². The van der Waals surface area contributed by atoms with Crippen molar-refractivity contribution >= 4 is 33.4 Å². The van der Waals surface area contributed by atoms with Gasteiger partial charge in [0.2, 0.25) is 11.8 Å². The van der Waals surface area contributed by atoms with Crippen LogP contribution in [0.15, 0.2) is 33.6 Å². The van der Waals surface area contributed by atoms with E-state index in [-0.39, 0.29) is 34.3 Å². The number of Topliss-reactive ketones (excluding diaryl/α,β-unsaturated/α-hetero) is 1. The SMILES string of the molecule is CCOC(=O)c1c(NC(=O)CS(=O)(=O)c2ccc(C)cc2)oc(C)c1C(C)=O. The number of furan rings is 1. The Morgan fingerprint density at radius 3 is 2.21 bits per heavy atom. The fraction of sp³-hybridized carbons (Fsp3) is 0.316. The monoisotopic (exact) mass is 407 g/mol. The summed E-state index contributed by atoms with van der Waals surface area (Å²) in [4.78, 5) is 36.4. The molecule has 0 spiro atoms. The van der Waals surface area contributed by atoms with Crippen LogP contribution in [0.1, 0.15) is 45.9 Å². The third kappa shape index (κ3) is 4.66. The zero-order chi connectivity index (χ0) is 21.1. The summed E-state index contributed by atoms with van der Waals surface area (Å²) in [7, 11) is -3.90. The Morgan fingerprint density at radius 1 is 1.07 bits per heavy atom. The molecule has 0 fully saturated rings. The fourth-order valence-corrected chi connectivity index (χ4v) is 3.75. The maximum Gasteiger partial charge on any atom is 0.344 e. The summed E-state index contributed by atoms with van der Waals surface area (Å²) in [6.45, 7) is 6.15. The quantitative estimate of drug-likeness (QED) is 0.553. The van der Waals surface area contributed by atoms with Gasteiger partial charge in [-0.2, -0.15) is 0 Å². The van der Waals surface area contributed by atoms with Crippen molar-refractivity contribution in [2.75, 3.05) is 17.7 Å². The van der Waals surface area contributed by atoms with Gasteiger partial charge in [0.05, 0.1) is 17.1 Å². The first-order chi connectivity index (χ1) is 13.1. The minimum atomic E-state index is -3.90. The highest BCUT2D eigenvalue weighted by Crippen LogP contribution is 2.28. The zero-order valence-electron chi connectivity index (χ0n) is 16.0. The zero-order valence-corrected chi connectivity index (χ0v) is 16.8. The third-order valence-corrected chi connectivity index (χ3v) is 5.50. The molecule has 28 heavy (non-hydrogen) atoms. The molecule has 2 rings (SSSR count). The average molecular weight is 407 g/mol. The minimum absolute atomic E-state index is 0.00100. The summed E-state index contributed by atoms with van der Waals surface area (Å²) in [5.41, 5.74) is 0.633. The second kappa shape index (κ2) is 8.39. The molecular formula is C19H21NO7S. The van der Waals surface area contributed by atoms with Gasteiger partial charge in [0, 0.05) is 0 Å². The van der Waals surface area contributed by atoms with Gasteiger partial charge in [-0.1, -0.05) is 17.7 Å². The van der Waals surface area contributed by atoms with E-state index in [0.717, 1.165) is 5.56 Å². The van der Waals surface area contributed by atoms with Crippen molar-refractivity contribution in [3.05, 3.63) is 46.7 Å². The van der Waals surface area contributed by atoms with Gasteiger partial charge in [0.25, 0.3) is 0 Å². The Bertz CT molecular complexity index is 1020. The largest absolute Gasteiger partial charge is 0.462 e. The van der Waals surface area contributed by atoms with Crippen LogP contribution in [0.5, 0.6) is 0 Å². The van der Waals surface area contributed by atoms with Crippen LogP contribution in [-0.2, 0) is 19.4 Å². The molecule has 0 aliphatic heterocycles. The van der Waals surface area contributed by atoms with Crippen LogP contribution >= 0.6 is 0 Å². The van der Waals surface area contributed by atoms with Gasteiger partial charge in [-0.3, -0.25) is 14.9 Å². The number of aryl methyl sites for hydroxylation is 2. The highest BCUT2D eigenvalue weighted by Gasteiger charge is 2.29. The Labute approximate surface area is 162 Å². The molecule has 0 unspecified atom stereocenters. The smallest absolute Gasteiger partial charge is 0.344 e. The molecule has 0 radical (unpaired) electrons. The Kier molecular flexibility index (Phi) is 6.40. The second-order valence-corrected chi connectivity index (χ2v) is 8.12. The lowest BCUT2D eigenvalue weighted by molar-refractivity contribution is -0.114. The van der Waals surface area contributed by atoms with Crippen molar-refractivity contribution < 1.29 is 32.0 Å². The fourth-order valence-electron chi connectivity index (χ4n) is 2.62. The lowest BCUT2D eigenvalue weighted by Gasteiger charge is -2.07. The van der Waals surface area contributed by atoms with Crippen LogP contribution in [0.3, 0.4) is 0 Å². The summed E-state index contributed by atoms with van der Waals surface area (Å²) in [5.74, 6) is -3.25. The van der Waals surface area contributed by atoms with Gasteiger partial charge in [-0.25, -0.2) is 13.2 Å². The van der Waals surface area contributed by atoms with Gasteiger partial charge in [0.1, 0.15) is 17.1 Å². The molecule has 1 heterocycles. The first kappa shape index (κ1) is 21.4. The molecule has 2 aromatic rings. The molecule has 1 amide bonds. The number of ketones is 1. The van der Waals surface area contributed by atoms with E-state index in [1.165, 1.54) is 26.0 Å². The van der Waals surface area contributed by atoms with Crippen LogP contribution < -0.4 is 5.32 Å². The Morgan fingerprint density at radius 2 is 1.68 bits per heavy atom. The van der Waals surface area contributed by atoms with Crippen LogP contribution in [0.25, 0.3) is 0 Å². The number of benzene rings is 1. The molecule has 0 saturated heterocycles. The molecule has 9 heteroatoms. The van der Waals surface area contributed by atoms with E-state index >= 15 is 0 Å². The number of hydrogen-bond acceptors (Lipinski definition) is 7. The van der Waals surface area contributed by atoms with E-state index in [4.69, 9.17) is 9.15 Å². The first-order valence-electron chi connectivity index (χ1n) is 8.47. The molecular weight excluding hydrogens is 386 g/mol. The molecule has 0 aliphatic carbocycles. The number of amides is 1. The predicted molar refractivity (Wildman–Crippen MR) is 101 cm³/mol. The molecule has 1 aromatic carbocycles. The van der Waals surface area contributed by atoms with Crippen molar-refractivity contribution in [2.24, 2.45) is 0 Å². The molecule has 1 aromatic heterocycles. The van der Waals surface area contributed by atoms with Crippen LogP contribution in [0.2, 0.25) is 0 Å². The summed E-state index contributed by atoms with van der Waals surface area (Å²) >= 11 is 0. The van der Waals surface area contributed by atoms with Gasteiger partial charge >= 0.3 is 5.97 Å². The highest BCUT2D eigenvalue weighted by molar-refractivity contribution is 7.92. The predicted octanol–water partition coefficient (Wildman–Crippen LogP) is 2.69. The number of nitrogens with one attached hydrogen (secondary N) is 1. The first-order valence-corrected chi connectivity index (χ1v) is 10.1. The van der Waals surface area contributed by atoms with Gasteiger partial charge in [0.15, 0.2) is 15.6 Å². The maximum atomic E-state index is 12.4. The van der Waals surface area contributed by atoms with E-state index < -0.39 is 33.2 Å². The van der Waals surface area contributed by atoms with E-state index in [0.29, 0.717) is 0 Å². The number of esters is 1. The van der Waals surface area contributed by atoms with Gasteiger partial charge < -0.3 is 9.15 Å². The van der Waals surface area contributed by atoms with E-state index in [1.807, 2.05) is 6.92 Å². The third-order valence-electron chi connectivity index (χ3n) is 3.87. The molecule has 0 atom stereocenters. The normalized spacial score (nSPS) is 11.1. The standard InChI is InChI=1S/C19H21NO7S/c1-5-26-19(23)17-16(12(3)21)13(4)27-18(17)20-15(22)10-28(24,25)14-8-6-11(2)7-9-14/h6-9H,5,10H2,1-4H3,(H,20,22). The van der Waals surface area contributed by atoms with E-state index in [1.54, 1.807) is 19.1 Å². The number of carbonyl (C=O) groups excluding carboxylic acids is 3. The topological polar surface area (TPSA) is 120 Å². The van der Waals surface area contributed by atoms with Crippen molar-refractivity contribution in [2.45, 2.75) is 32.6 Å². The molecule has 1 N–H and O–H groups in total. The highest BCUT2D eigenvalue weighted by atomic mass is 32.2. The molecule has 0 bridgehead atoms. The van der Waals surface area contributed by atoms with Gasteiger partial charge in [-0.05, 0) is 39.8 Å². The number of anilines is 1. The van der Waals surface area contributed by atoms with Gasteiger partial charge in [-0.15, -0.1) is 0 Å². The number of hydrogen-bond donors (Lipinski definition) is 1. The van der Waals surface area contributed by atoms with Crippen LogP contribution in [-0.4, -0.2) is 38.4 Å². The number of carbonyl (C=O) groups is 3. The molecule has 0 aliphatic rings. The van der Waals surface area contributed by atoms with Crippen molar-refractivity contribution in [3.63, 3.8) is 0 Å². The summed E-state index contributed by atoms with van der Waals surface area (Å²) < 4.78 is 35.1. The lowest BCUT2D eigenvalue weighted by atomic mass is 10.1. The molecule has 150 valence electrons. The number of ether oxygens (including phenoxy) is 1.